The van der Waals surface area contributed by atoms with E-state index in [1.54, 1.807) is 13.6 Å². The quantitative estimate of drug-likeness (QED) is 0.534. The molecule has 1 aliphatic heterocycles. The van der Waals surface area contributed by atoms with Gasteiger partial charge in [-0.25, -0.2) is 4.79 Å². The number of hydrogen-bond donors (Lipinski definition) is 1. The summed E-state index contributed by atoms with van der Waals surface area (Å²) in [6.45, 7) is 3.51. The highest BCUT2D eigenvalue weighted by molar-refractivity contribution is 7.46. The number of H-pyrrole nitrogens is 1. The van der Waals surface area contributed by atoms with Crippen LogP contribution < -0.4 is 11.2 Å². The van der Waals surface area contributed by atoms with Gasteiger partial charge in [-0.05, 0) is 6.92 Å². The van der Waals surface area contributed by atoms with E-state index in [9.17, 15) is 9.59 Å². The Hall–Kier alpha value is -1.56. The second-order valence-electron chi connectivity index (χ2n) is 5.50. The van der Waals surface area contributed by atoms with Crippen LogP contribution in [0.4, 0.5) is 0 Å². The predicted octanol–water partition coefficient (Wildman–Crippen LogP) is 1.04. The third-order valence-corrected chi connectivity index (χ3v) is 4.78. The lowest BCUT2D eigenvalue weighted by Gasteiger charge is -2.21. The maximum atomic E-state index is 12.1. The maximum Gasteiger partial charge on any atom is 0.330 e. The highest BCUT2D eigenvalue weighted by Gasteiger charge is 2.38. The van der Waals surface area contributed by atoms with Gasteiger partial charge in [-0.3, -0.25) is 14.3 Å². The Kier molecular flexibility index (Phi) is 6.23. The third kappa shape index (κ3) is 5.21. The molecule has 5 atom stereocenters. The number of aromatic amines is 1. The van der Waals surface area contributed by atoms with Crippen LogP contribution >= 0.6 is 8.38 Å². The average molecular weight is 374 g/mol. The van der Waals surface area contributed by atoms with Crippen LogP contribution in [0.1, 0.15) is 27.4 Å². The summed E-state index contributed by atoms with van der Waals surface area (Å²) in [7, 11) is -2.76. The molecule has 1 N–H and O–H groups in total. The van der Waals surface area contributed by atoms with Gasteiger partial charge in [0.05, 0.1) is 34.5 Å². The molecule has 0 radical (unpaired) electrons. The van der Waals surface area contributed by atoms with Crippen LogP contribution in [0.25, 0.3) is 0 Å². The van der Waals surface area contributed by atoms with Crippen molar-refractivity contribution in [1.82, 2.24) is 9.55 Å². The monoisotopic (exact) mass is 374 g/mol. The van der Waals surface area contributed by atoms with Crippen molar-refractivity contribution in [3.63, 3.8) is 0 Å². The Bertz CT molecular complexity index is 780. The van der Waals surface area contributed by atoms with Crippen LogP contribution in [-0.2, 0) is 18.5 Å². The molecule has 0 spiro atoms. The smallest absolute Gasteiger partial charge is 0.330 e. The molecule has 1 fully saturated rings. The first-order valence-corrected chi connectivity index (χ1v) is 9.28. The second kappa shape index (κ2) is 9.22. The van der Waals surface area contributed by atoms with Gasteiger partial charge in [0.1, 0.15) is 12.3 Å². The van der Waals surface area contributed by atoms with Crippen LogP contribution in [-0.4, -0.2) is 48.7 Å². The van der Waals surface area contributed by atoms with E-state index < -0.39 is 45.1 Å². The van der Waals surface area contributed by atoms with Gasteiger partial charge in [-0.1, -0.05) is 0 Å². The Balaban J connectivity index is 2.11. The summed E-state index contributed by atoms with van der Waals surface area (Å²) in [6.07, 6.45) is 0.167. The van der Waals surface area contributed by atoms with Crippen LogP contribution in [0.2, 0.25) is 0 Å². The molecule has 138 valence electrons. The lowest BCUT2D eigenvalue weighted by atomic mass is 10.2. The zero-order chi connectivity index (χ0) is 20.0. The number of aromatic nitrogens is 2. The van der Waals surface area contributed by atoms with Crippen molar-refractivity contribution < 1.29 is 21.3 Å². The lowest BCUT2D eigenvalue weighted by molar-refractivity contribution is -0.0511. The van der Waals surface area contributed by atoms with Crippen LogP contribution in [0.15, 0.2) is 15.8 Å². The molecule has 2 rings (SSSR count). The highest BCUT2D eigenvalue weighted by Crippen LogP contribution is 2.41. The summed E-state index contributed by atoms with van der Waals surface area (Å²) in [6, 6.07) is 1.98. The molecule has 9 nitrogen and oxygen atoms in total. The molecule has 2 heterocycles. The molecule has 1 aromatic rings. The Morgan fingerprint density at radius 3 is 3.20 bits per heavy atom. The summed E-state index contributed by atoms with van der Waals surface area (Å²) in [5.41, 5.74) is -0.694. The number of rotatable bonds is 8. The molecular formula is C15H22N3O6P. The fraction of sp³-hybridized carbons (Fsp3) is 0.667. The maximum absolute atomic E-state index is 12.1. The van der Waals surface area contributed by atoms with Gasteiger partial charge in [0.2, 0.25) is 0 Å². The zero-order valence-corrected chi connectivity index (χ0v) is 14.9. The molecule has 0 aliphatic carbocycles. The minimum Gasteiger partial charge on any atom is -0.382 e. The minimum absolute atomic E-state index is 0.0582. The summed E-state index contributed by atoms with van der Waals surface area (Å²) in [5.74, 6) is 0. The molecule has 1 saturated heterocycles. The SMILES string of the molecule is [2H]C([3H])OC[C@H]1O[C@@H](n2cc(C)c(=O)[nH]c2=O)CC1OP(C)OCCC#N. The number of nitrogens with zero attached hydrogens (tertiary/aromatic N) is 2. The van der Waals surface area contributed by atoms with Crippen molar-refractivity contribution in [1.29, 1.82) is 5.26 Å². The molecule has 0 bridgehead atoms. The molecule has 1 aliphatic rings. The van der Waals surface area contributed by atoms with Gasteiger partial charge in [0.15, 0.2) is 8.38 Å². The lowest BCUT2D eigenvalue weighted by Crippen LogP contribution is -2.33. The van der Waals surface area contributed by atoms with Gasteiger partial charge in [0, 0.05) is 31.9 Å². The standard InChI is InChI=1S/C15H22N3O6P/c1-10-8-18(15(20)17-14(10)19)13-7-11(12(23-13)9-21-2)24-25(3)22-6-4-5-16/h8,11-13H,4,6-7,9H2,1-3H3,(H,17,19,20)/t11?,12-,13-,25?/m1/s1/i2TD/t2?,11?,12-,13-,25?. The summed E-state index contributed by atoms with van der Waals surface area (Å²) < 4.78 is 37.8. The molecule has 0 aromatic carbocycles. The fourth-order valence-electron chi connectivity index (χ4n) is 2.47. The van der Waals surface area contributed by atoms with E-state index in [4.69, 9.17) is 26.5 Å². The number of hydrogen-bond acceptors (Lipinski definition) is 7. The molecular weight excluding hydrogens is 349 g/mol. The molecule has 25 heavy (non-hydrogen) atoms. The Labute approximate surface area is 149 Å². The largest absolute Gasteiger partial charge is 0.382 e. The van der Waals surface area contributed by atoms with E-state index >= 15 is 0 Å². The van der Waals surface area contributed by atoms with Gasteiger partial charge in [0.25, 0.3) is 5.56 Å². The van der Waals surface area contributed by atoms with Crippen LogP contribution in [0.5, 0.6) is 0 Å². The molecule has 0 amide bonds. The van der Waals surface area contributed by atoms with Crippen molar-refractivity contribution >= 4 is 8.38 Å². The fourth-order valence-corrected chi connectivity index (χ4v) is 3.48. The molecule has 0 saturated carbocycles. The van der Waals surface area contributed by atoms with Gasteiger partial charge >= 0.3 is 5.69 Å². The first-order chi connectivity index (χ1) is 12.8. The number of nitriles is 1. The number of nitrogens with one attached hydrogen (secondary N) is 1. The zero-order valence-electron chi connectivity index (χ0n) is 16.0. The van der Waals surface area contributed by atoms with Crippen molar-refractivity contribution in [2.24, 2.45) is 0 Å². The summed E-state index contributed by atoms with van der Waals surface area (Å²) in [5, 5.41) is 8.56. The third-order valence-electron chi connectivity index (χ3n) is 3.67. The van der Waals surface area contributed by atoms with E-state index in [0.29, 0.717) is 12.0 Å². The van der Waals surface area contributed by atoms with Crippen molar-refractivity contribution in [2.45, 2.75) is 38.2 Å². The number of methoxy groups -OCH3 is 1. The van der Waals surface area contributed by atoms with Crippen LogP contribution in [0, 0.1) is 18.3 Å². The Morgan fingerprint density at radius 1 is 1.68 bits per heavy atom. The topological polar surface area (TPSA) is 116 Å². The van der Waals surface area contributed by atoms with E-state index in [0.717, 1.165) is 0 Å². The molecule has 3 unspecified atom stereocenters. The van der Waals surface area contributed by atoms with Gasteiger partial charge in [-0.15, -0.1) is 0 Å². The Morgan fingerprint density at radius 2 is 2.48 bits per heavy atom. The first kappa shape index (κ1) is 16.9. The van der Waals surface area contributed by atoms with Crippen LogP contribution in [0.3, 0.4) is 0 Å². The van der Waals surface area contributed by atoms with Crippen molar-refractivity contribution in [3.8, 4) is 6.07 Å². The van der Waals surface area contributed by atoms with E-state index in [2.05, 4.69) is 4.98 Å². The molecule has 10 heteroatoms. The van der Waals surface area contributed by atoms with Gasteiger partial charge in [-0.2, -0.15) is 5.26 Å². The second-order valence-corrected chi connectivity index (χ2v) is 6.85. The van der Waals surface area contributed by atoms with Gasteiger partial charge < -0.3 is 18.5 Å². The van der Waals surface area contributed by atoms with Crippen molar-refractivity contribution in [3.05, 3.63) is 32.6 Å². The minimum atomic E-state index is -1.47. The number of aryl methyl sites for hydroxylation is 1. The van der Waals surface area contributed by atoms with E-state index in [1.807, 2.05) is 6.07 Å². The predicted molar refractivity (Wildman–Crippen MR) is 90.4 cm³/mol. The normalized spacial score (nSPS) is 26.5. The molecule has 1 aromatic heterocycles. The van der Waals surface area contributed by atoms with E-state index in [-0.39, 0.29) is 19.6 Å². The van der Waals surface area contributed by atoms with Crippen molar-refractivity contribution in [2.75, 3.05) is 26.9 Å². The first-order valence-electron chi connectivity index (χ1n) is 8.81. The average Bonchev–Trinajstić information content (AvgIpc) is 2.99. The van der Waals surface area contributed by atoms with E-state index in [1.165, 1.54) is 10.8 Å². The highest BCUT2D eigenvalue weighted by atomic mass is 31.2. The summed E-state index contributed by atoms with van der Waals surface area (Å²) >= 11 is 0. The summed E-state index contributed by atoms with van der Waals surface area (Å²) in [4.78, 5) is 25.9. The number of ether oxygens (including phenoxy) is 2.